The van der Waals surface area contributed by atoms with Crippen LogP contribution >= 0.6 is 11.3 Å². The quantitative estimate of drug-likeness (QED) is 0.888. The van der Waals surface area contributed by atoms with Crippen molar-refractivity contribution in [3.8, 4) is 5.75 Å². The zero-order valence-corrected chi connectivity index (χ0v) is 13.0. The molecule has 2 N–H and O–H groups in total. The van der Waals surface area contributed by atoms with Crippen molar-refractivity contribution >= 4 is 11.3 Å². The molecule has 1 aromatic carbocycles. The number of methoxy groups -OCH3 is 1. The number of hydrogen-bond acceptors (Lipinski definition) is 5. The lowest BCUT2D eigenvalue weighted by atomic mass is 10.1. The van der Waals surface area contributed by atoms with Crippen molar-refractivity contribution in [3.63, 3.8) is 0 Å². The van der Waals surface area contributed by atoms with Gasteiger partial charge in [-0.3, -0.25) is 4.90 Å². The molecule has 20 heavy (non-hydrogen) atoms. The van der Waals surface area contributed by atoms with E-state index in [0.29, 0.717) is 6.54 Å². The SMILES string of the molecule is COc1ccc(CN)cc1CN(C)Cc1scnc1C. The fourth-order valence-electron chi connectivity index (χ4n) is 2.15. The minimum Gasteiger partial charge on any atom is -0.496 e. The molecule has 5 heteroatoms. The van der Waals surface area contributed by atoms with Gasteiger partial charge in [-0.1, -0.05) is 6.07 Å². The van der Waals surface area contributed by atoms with Crippen LogP contribution in [0.3, 0.4) is 0 Å². The van der Waals surface area contributed by atoms with Crippen molar-refractivity contribution in [2.24, 2.45) is 5.73 Å². The van der Waals surface area contributed by atoms with Gasteiger partial charge in [-0.2, -0.15) is 0 Å². The average molecular weight is 291 g/mol. The molecule has 0 fully saturated rings. The van der Waals surface area contributed by atoms with Gasteiger partial charge in [0.15, 0.2) is 0 Å². The molecule has 0 aliphatic carbocycles. The molecule has 0 saturated carbocycles. The predicted molar refractivity (Wildman–Crippen MR) is 82.9 cm³/mol. The minimum absolute atomic E-state index is 0.550. The van der Waals surface area contributed by atoms with E-state index in [9.17, 15) is 0 Å². The summed E-state index contributed by atoms with van der Waals surface area (Å²) >= 11 is 1.70. The number of rotatable bonds is 6. The second-order valence-electron chi connectivity index (χ2n) is 4.88. The summed E-state index contributed by atoms with van der Waals surface area (Å²) in [7, 11) is 3.81. The van der Waals surface area contributed by atoms with Crippen LogP contribution in [0, 0.1) is 6.92 Å². The van der Waals surface area contributed by atoms with Gasteiger partial charge in [-0.25, -0.2) is 4.98 Å². The summed E-state index contributed by atoms with van der Waals surface area (Å²) in [5, 5.41) is 0. The highest BCUT2D eigenvalue weighted by Crippen LogP contribution is 2.23. The monoisotopic (exact) mass is 291 g/mol. The van der Waals surface area contributed by atoms with Gasteiger partial charge in [0.1, 0.15) is 5.75 Å². The van der Waals surface area contributed by atoms with E-state index in [-0.39, 0.29) is 0 Å². The van der Waals surface area contributed by atoms with Crippen molar-refractivity contribution in [1.29, 1.82) is 0 Å². The predicted octanol–water partition coefficient (Wildman–Crippen LogP) is 2.55. The Labute approximate surface area is 124 Å². The molecular weight excluding hydrogens is 270 g/mol. The summed E-state index contributed by atoms with van der Waals surface area (Å²) < 4.78 is 5.43. The number of nitrogens with two attached hydrogens (primary N) is 1. The summed E-state index contributed by atoms with van der Waals surface area (Å²) in [5.41, 5.74) is 11.0. The van der Waals surface area contributed by atoms with Crippen molar-refractivity contribution in [1.82, 2.24) is 9.88 Å². The number of thiazole rings is 1. The van der Waals surface area contributed by atoms with Crippen molar-refractivity contribution < 1.29 is 4.74 Å². The van der Waals surface area contributed by atoms with E-state index in [1.54, 1.807) is 18.4 Å². The lowest BCUT2D eigenvalue weighted by Gasteiger charge is -2.18. The molecule has 0 aliphatic heterocycles. The van der Waals surface area contributed by atoms with E-state index >= 15 is 0 Å². The first-order valence-corrected chi connectivity index (χ1v) is 7.45. The molecule has 0 unspecified atom stereocenters. The molecule has 4 nitrogen and oxygen atoms in total. The first kappa shape index (κ1) is 15.0. The third-order valence-electron chi connectivity index (χ3n) is 3.28. The van der Waals surface area contributed by atoms with E-state index in [0.717, 1.165) is 30.1 Å². The van der Waals surface area contributed by atoms with Crippen LogP contribution in [0.4, 0.5) is 0 Å². The third kappa shape index (κ3) is 3.56. The molecule has 0 atom stereocenters. The van der Waals surface area contributed by atoms with E-state index in [2.05, 4.69) is 29.9 Å². The molecule has 1 aromatic heterocycles. The molecule has 1 heterocycles. The van der Waals surface area contributed by atoms with Gasteiger partial charge in [0.25, 0.3) is 0 Å². The third-order valence-corrected chi connectivity index (χ3v) is 4.20. The van der Waals surface area contributed by atoms with Crippen LogP contribution in [0.5, 0.6) is 5.75 Å². The number of hydrogen-bond donors (Lipinski definition) is 1. The van der Waals surface area contributed by atoms with Crippen LogP contribution in [0.25, 0.3) is 0 Å². The Morgan fingerprint density at radius 3 is 2.75 bits per heavy atom. The van der Waals surface area contributed by atoms with Gasteiger partial charge in [-0.05, 0) is 31.7 Å². The maximum atomic E-state index is 5.71. The summed E-state index contributed by atoms with van der Waals surface area (Å²) in [6.07, 6.45) is 0. The lowest BCUT2D eigenvalue weighted by molar-refractivity contribution is 0.312. The minimum atomic E-state index is 0.550. The topological polar surface area (TPSA) is 51.4 Å². The van der Waals surface area contributed by atoms with Gasteiger partial charge in [0.05, 0.1) is 18.3 Å². The van der Waals surface area contributed by atoms with Gasteiger partial charge < -0.3 is 10.5 Å². The van der Waals surface area contributed by atoms with Crippen LogP contribution in [0.15, 0.2) is 23.7 Å². The second kappa shape index (κ2) is 6.83. The fraction of sp³-hybridized carbons (Fsp3) is 0.400. The number of aryl methyl sites for hydroxylation is 1. The maximum Gasteiger partial charge on any atom is 0.123 e. The number of ether oxygens (including phenoxy) is 1. The first-order valence-electron chi connectivity index (χ1n) is 6.57. The Hall–Kier alpha value is -1.43. The Morgan fingerprint density at radius 2 is 2.15 bits per heavy atom. The number of nitrogens with zero attached hydrogens (tertiary/aromatic N) is 2. The van der Waals surface area contributed by atoms with Crippen molar-refractivity contribution in [3.05, 3.63) is 45.4 Å². The maximum absolute atomic E-state index is 5.71. The fourth-order valence-corrected chi connectivity index (χ4v) is 3.01. The molecule has 0 amide bonds. The van der Waals surface area contributed by atoms with Gasteiger partial charge in [0.2, 0.25) is 0 Å². The summed E-state index contributed by atoms with van der Waals surface area (Å²) in [5.74, 6) is 0.912. The first-order chi connectivity index (χ1) is 9.63. The molecule has 0 bridgehead atoms. The molecule has 2 aromatic rings. The van der Waals surface area contributed by atoms with Crippen LogP contribution in [0.2, 0.25) is 0 Å². The molecule has 108 valence electrons. The zero-order valence-electron chi connectivity index (χ0n) is 12.2. The number of benzene rings is 1. The van der Waals surface area contributed by atoms with Crippen LogP contribution in [-0.2, 0) is 19.6 Å². The smallest absolute Gasteiger partial charge is 0.123 e. The second-order valence-corrected chi connectivity index (χ2v) is 5.82. The standard InChI is InChI=1S/C15H21N3OS/c1-11-15(20-10-17-11)9-18(2)8-13-6-12(7-16)4-5-14(13)19-3/h4-6,10H,7-9,16H2,1-3H3. The lowest BCUT2D eigenvalue weighted by Crippen LogP contribution is -2.18. The van der Waals surface area contributed by atoms with E-state index in [1.165, 1.54) is 10.4 Å². The average Bonchev–Trinajstić information content (AvgIpc) is 2.84. The Morgan fingerprint density at radius 1 is 1.35 bits per heavy atom. The molecular formula is C15H21N3OS. The highest BCUT2D eigenvalue weighted by molar-refractivity contribution is 7.09. The highest BCUT2D eigenvalue weighted by Gasteiger charge is 2.10. The van der Waals surface area contributed by atoms with Crippen LogP contribution < -0.4 is 10.5 Å². The summed E-state index contributed by atoms with van der Waals surface area (Å²) in [6.45, 7) is 4.32. The van der Waals surface area contributed by atoms with Gasteiger partial charge in [-0.15, -0.1) is 11.3 Å². The summed E-state index contributed by atoms with van der Waals surface area (Å²) in [6, 6.07) is 6.12. The van der Waals surface area contributed by atoms with Crippen molar-refractivity contribution in [2.45, 2.75) is 26.6 Å². The summed E-state index contributed by atoms with van der Waals surface area (Å²) in [4.78, 5) is 7.86. The Balaban J connectivity index is 2.10. The largest absolute Gasteiger partial charge is 0.496 e. The highest BCUT2D eigenvalue weighted by atomic mass is 32.1. The normalized spacial score (nSPS) is 11.1. The van der Waals surface area contributed by atoms with E-state index in [1.807, 2.05) is 17.6 Å². The molecule has 0 aliphatic rings. The zero-order chi connectivity index (χ0) is 14.5. The molecule has 0 spiro atoms. The molecule has 0 radical (unpaired) electrons. The van der Waals surface area contributed by atoms with Crippen LogP contribution in [-0.4, -0.2) is 24.0 Å². The van der Waals surface area contributed by atoms with Gasteiger partial charge >= 0.3 is 0 Å². The molecule has 0 saturated heterocycles. The van der Waals surface area contributed by atoms with Gasteiger partial charge in [0, 0.05) is 30.1 Å². The Bertz CT molecular complexity index is 568. The van der Waals surface area contributed by atoms with Crippen molar-refractivity contribution in [2.75, 3.05) is 14.2 Å². The van der Waals surface area contributed by atoms with E-state index in [4.69, 9.17) is 10.5 Å². The molecule has 2 rings (SSSR count). The van der Waals surface area contributed by atoms with Crippen LogP contribution in [0.1, 0.15) is 21.7 Å². The Kier molecular flexibility index (Phi) is 5.11. The number of aromatic nitrogens is 1. The van der Waals surface area contributed by atoms with E-state index < -0.39 is 0 Å².